The highest BCUT2D eigenvalue weighted by atomic mass is 16.5. The summed E-state index contributed by atoms with van der Waals surface area (Å²) < 4.78 is 4.90. The van der Waals surface area contributed by atoms with Crippen molar-refractivity contribution in [1.82, 2.24) is 4.90 Å². The number of ether oxygens (including phenoxy) is 1. The fourth-order valence-corrected chi connectivity index (χ4v) is 1.48. The Bertz CT molecular complexity index is 214. The van der Waals surface area contributed by atoms with Crippen LogP contribution in [0.4, 0.5) is 0 Å². The molecule has 0 atom stereocenters. The summed E-state index contributed by atoms with van der Waals surface area (Å²) in [5.74, 6) is -0.288. The number of carbonyl (C=O) groups is 1. The van der Waals surface area contributed by atoms with Gasteiger partial charge in [0.1, 0.15) is 0 Å². The summed E-state index contributed by atoms with van der Waals surface area (Å²) in [6.45, 7) is 15.0. The lowest BCUT2D eigenvalue weighted by Crippen LogP contribution is -2.39. The molecule has 0 heterocycles. The molecular formula is C12H23NO2. The molecule has 0 amide bonds. The van der Waals surface area contributed by atoms with Gasteiger partial charge in [0.15, 0.2) is 0 Å². The monoisotopic (exact) mass is 213 g/mol. The summed E-state index contributed by atoms with van der Waals surface area (Å²) >= 11 is 0. The Morgan fingerprint density at radius 2 is 1.73 bits per heavy atom. The van der Waals surface area contributed by atoms with Gasteiger partial charge in [-0.3, -0.25) is 4.90 Å². The van der Waals surface area contributed by atoms with Gasteiger partial charge in [-0.2, -0.15) is 0 Å². The van der Waals surface area contributed by atoms with E-state index in [0.717, 1.165) is 0 Å². The lowest BCUT2D eigenvalue weighted by molar-refractivity contribution is -0.138. The number of nitrogens with zero attached hydrogens (tertiary/aromatic N) is 1. The van der Waals surface area contributed by atoms with E-state index in [2.05, 4.69) is 39.2 Å². The number of hydrogen-bond donors (Lipinski definition) is 0. The molecule has 88 valence electrons. The van der Waals surface area contributed by atoms with Gasteiger partial charge < -0.3 is 4.74 Å². The van der Waals surface area contributed by atoms with E-state index in [-0.39, 0.29) is 5.97 Å². The van der Waals surface area contributed by atoms with Crippen LogP contribution in [0, 0.1) is 0 Å². The summed E-state index contributed by atoms with van der Waals surface area (Å²) in [4.78, 5) is 13.6. The molecule has 0 aliphatic heterocycles. The molecule has 0 aromatic rings. The molecule has 3 nitrogen and oxygen atoms in total. The van der Waals surface area contributed by atoms with E-state index in [1.807, 2.05) is 0 Å². The number of esters is 1. The van der Waals surface area contributed by atoms with Crippen molar-refractivity contribution in [2.45, 2.75) is 46.7 Å². The molecule has 15 heavy (non-hydrogen) atoms. The van der Waals surface area contributed by atoms with Crippen molar-refractivity contribution in [3.8, 4) is 0 Å². The van der Waals surface area contributed by atoms with Crippen LogP contribution in [0.1, 0.15) is 34.6 Å². The summed E-state index contributed by atoms with van der Waals surface area (Å²) in [5.41, 5.74) is 0.527. The van der Waals surface area contributed by atoms with Crippen LogP contribution in [0.2, 0.25) is 0 Å². The average Bonchev–Trinajstić information content (AvgIpc) is 2.12. The number of rotatable bonds is 6. The van der Waals surface area contributed by atoms with Crippen molar-refractivity contribution in [2.75, 3.05) is 13.2 Å². The summed E-state index contributed by atoms with van der Waals surface area (Å²) in [5, 5.41) is 0. The number of hydrogen-bond acceptors (Lipinski definition) is 3. The van der Waals surface area contributed by atoms with Crippen molar-refractivity contribution in [3.05, 3.63) is 12.2 Å². The maximum Gasteiger partial charge on any atom is 0.334 e. The molecule has 0 aromatic heterocycles. The molecule has 0 aliphatic carbocycles. The standard InChI is InChI=1S/C12H23NO2/c1-7-15-12(14)11(6)8-13(9(2)3)10(4)5/h9-10H,6-8H2,1-5H3. The number of carbonyl (C=O) groups excluding carboxylic acids is 1. The van der Waals surface area contributed by atoms with Gasteiger partial charge >= 0.3 is 5.97 Å². The van der Waals surface area contributed by atoms with Crippen molar-refractivity contribution in [1.29, 1.82) is 0 Å². The molecule has 0 radical (unpaired) electrons. The van der Waals surface area contributed by atoms with Crippen molar-refractivity contribution in [2.24, 2.45) is 0 Å². The first kappa shape index (κ1) is 14.2. The first-order valence-corrected chi connectivity index (χ1v) is 5.50. The Kier molecular flexibility index (Phi) is 6.25. The van der Waals surface area contributed by atoms with Crippen LogP contribution in [0.25, 0.3) is 0 Å². The van der Waals surface area contributed by atoms with Gasteiger partial charge in [-0.1, -0.05) is 6.58 Å². The van der Waals surface area contributed by atoms with Crippen LogP contribution >= 0.6 is 0 Å². The van der Waals surface area contributed by atoms with E-state index in [9.17, 15) is 4.79 Å². The zero-order valence-corrected chi connectivity index (χ0v) is 10.5. The van der Waals surface area contributed by atoms with E-state index in [4.69, 9.17) is 4.74 Å². The molecule has 0 N–H and O–H groups in total. The highest BCUT2D eigenvalue weighted by Gasteiger charge is 2.17. The van der Waals surface area contributed by atoms with Gasteiger partial charge in [0.2, 0.25) is 0 Å². The molecule has 0 rings (SSSR count). The second kappa shape index (κ2) is 6.62. The second-order valence-corrected chi connectivity index (χ2v) is 4.18. The summed E-state index contributed by atoms with van der Waals surface area (Å²) in [7, 11) is 0. The second-order valence-electron chi connectivity index (χ2n) is 4.18. The third kappa shape index (κ3) is 4.98. The predicted molar refractivity (Wildman–Crippen MR) is 62.8 cm³/mol. The first-order valence-electron chi connectivity index (χ1n) is 5.50. The van der Waals surface area contributed by atoms with Crippen LogP contribution in [0.15, 0.2) is 12.2 Å². The van der Waals surface area contributed by atoms with Gasteiger partial charge in [0.25, 0.3) is 0 Å². The quantitative estimate of drug-likeness (QED) is 0.500. The van der Waals surface area contributed by atoms with Crippen LogP contribution in [-0.4, -0.2) is 36.1 Å². The van der Waals surface area contributed by atoms with Crippen LogP contribution in [0.5, 0.6) is 0 Å². The zero-order valence-electron chi connectivity index (χ0n) is 10.5. The molecule has 0 fully saturated rings. The Balaban J connectivity index is 4.29. The van der Waals surface area contributed by atoms with Crippen molar-refractivity contribution in [3.63, 3.8) is 0 Å². The summed E-state index contributed by atoms with van der Waals surface area (Å²) in [6.07, 6.45) is 0. The fraction of sp³-hybridized carbons (Fsp3) is 0.750. The van der Waals surface area contributed by atoms with Gasteiger partial charge in [0.05, 0.1) is 6.61 Å². The third-order valence-electron chi connectivity index (χ3n) is 2.26. The van der Waals surface area contributed by atoms with E-state index in [0.29, 0.717) is 30.8 Å². The molecule has 0 aromatic carbocycles. The molecule has 0 bridgehead atoms. The van der Waals surface area contributed by atoms with Crippen molar-refractivity contribution >= 4 is 5.97 Å². The normalized spacial score (nSPS) is 11.2. The van der Waals surface area contributed by atoms with E-state index in [1.54, 1.807) is 6.92 Å². The Morgan fingerprint density at radius 3 is 2.07 bits per heavy atom. The molecule has 0 saturated carbocycles. The topological polar surface area (TPSA) is 29.5 Å². The smallest absolute Gasteiger partial charge is 0.334 e. The molecule has 3 heteroatoms. The fourth-order valence-electron chi connectivity index (χ4n) is 1.48. The minimum absolute atomic E-state index is 0.288. The maximum atomic E-state index is 11.4. The Labute approximate surface area is 93.1 Å². The lowest BCUT2D eigenvalue weighted by atomic mass is 10.2. The zero-order chi connectivity index (χ0) is 12.0. The highest BCUT2D eigenvalue weighted by Crippen LogP contribution is 2.08. The molecule has 0 saturated heterocycles. The van der Waals surface area contributed by atoms with Crippen LogP contribution in [0.3, 0.4) is 0 Å². The highest BCUT2D eigenvalue weighted by molar-refractivity contribution is 5.88. The SMILES string of the molecule is C=C(CN(C(C)C)C(C)C)C(=O)OCC. The van der Waals surface area contributed by atoms with E-state index < -0.39 is 0 Å². The van der Waals surface area contributed by atoms with Crippen LogP contribution in [-0.2, 0) is 9.53 Å². The largest absolute Gasteiger partial charge is 0.463 e. The van der Waals surface area contributed by atoms with E-state index >= 15 is 0 Å². The first-order chi connectivity index (χ1) is 6.90. The van der Waals surface area contributed by atoms with Gasteiger partial charge in [0, 0.05) is 24.2 Å². The predicted octanol–water partition coefficient (Wildman–Crippen LogP) is 2.22. The lowest BCUT2D eigenvalue weighted by Gasteiger charge is -2.30. The van der Waals surface area contributed by atoms with Gasteiger partial charge in [-0.25, -0.2) is 4.79 Å². The molecule has 0 spiro atoms. The van der Waals surface area contributed by atoms with Crippen LogP contribution < -0.4 is 0 Å². The Hall–Kier alpha value is -0.830. The maximum absolute atomic E-state index is 11.4. The minimum atomic E-state index is -0.288. The minimum Gasteiger partial charge on any atom is -0.463 e. The molecule has 0 unspecified atom stereocenters. The summed E-state index contributed by atoms with van der Waals surface area (Å²) in [6, 6.07) is 0.798. The average molecular weight is 213 g/mol. The third-order valence-corrected chi connectivity index (χ3v) is 2.26. The van der Waals surface area contributed by atoms with Gasteiger partial charge in [-0.05, 0) is 34.6 Å². The molecular weight excluding hydrogens is 190 g/mol. The van der Waals surface area contributed by atoms with Crippen molar-refractivity contribution < 1.29 is 9.53 Å². The Morgan fingerprint density at radius 1 is 1.27 bits per heavy atom. The molecule has 0 aliphatic rings. The van der Waals surface area contributed by atoms with E-state index in [1.165, 1.54) is 0 Å². The van der Waals surface area contributed by atoms with Gasteiger partial charge in [-0.15, -0.1) is 0 Å².